The molecule has 0 aliphatic heterocycles. The van der Waals surface area contributed by atoms with Gasteiger partial charge in [0.25, 0.3) is 0 Å². The molecule has 0 spiro atoms. The molecule has 0 heterocycles. The molecule has 0 saturated carbocycles. The van der Waals surface area contributed by atoms with E-state index >= 15 is 0 Å². The van der Waals surface area contributed by atoms with Crippen molar-refractivity contribution >= 4 is 21.9 Å². The highest BCUT2D eigenvalue weighted by molar-refractivity contribution is 9.10. The van der Waals surface area contributed by atoms with Gasteiger partial charge in [-0.25, -0.2) is 0 Å². The van der Waals surface area contributed by atoms with Crippen molar-refractivity contribution in [2.45, 2.75) is 33.6 Å². The Labute approximate surface area is 146 Å². The van der Waals surface area contributed by atoms with Crippen LogP contribution in [0.4, 0.5) is 0 Å². The van der Waals surface area contributed by atoms with E-state index < -0.39 is 0 Å². The lowest BCUT2D eigenvalue weighted by Gasteiger charge is -2.30. The number of halogens is 1. The van der Waals surface area contributed by atoms with Crippen molar-refractivity contribution in [2.75, 3.05) is 7.11 Å². The van der Waals surface area contributed by atoms with Gasteiger partial charge in [-0.3, -0.25) is 4.79 Å². The van der Waals surface area contributed by atoms with Gasteiger partial charge in [-0.2, -0.15) is 0 Å². The Hall–Kier alpha value is -1.55. The SMILES string of the molecule is C=C1C=C(C)C[C@@H](C)[C@@H]1Cc1cc(OC)c(Br)cc1OC(C)=O. The second-order valence-electron chi connectivity index (χ2n) is 6.25. The van der Waals surface area contributed by atoms with Gasteiger partial charge < -0.3 is 9.47 Å². The Morgan fingerprint density at radius 3 is 2.65 bits per heavy atom. The van der Waals surface area contributed by atoms with Crippen molar-refractivity contribution in [1.82, 2.24) is 0 Å². The third-order valence-electron chi connectivity index (χ3n) is 4.27. The summed E-state index contributed by atoms with van der Waals surface area (Å²) in [5, 5.41) is 0. The average Bonchev–Trinajstić information content (AvgIpc) is 2.44. The van der Waals surface area contributed by atoms with Crippen LogP contribution in [-0.4, -0.2) is 13.1 Å². The zero-order valence-electron chi connectivity index (χ0n) is 14.1. The summed E-state index contributed by atoms with van der Waals surface area (Å²) < 4.78 is 11.5. The Morgan fingerprint density at radius 1 is 1.39 bits per heavy atom. The summed E-state index contributed by atoms with van der Waals surface area (Å²) in [7, 11) is 1.63. The summed E-state index contributed by atoms with van der Waals surface area (Å²) in [5.74, 6) is 1.83. The molecule has 0 radical (unpaired) electrons. The van der Waals surface area contributed by atoms with E-state index in [0.717, 1.165) is 34.2 Å². The molecule has 124 valence electrons. The smallest absolute Gasteiger partial charge is 0.308 e. The van der Waals surface area contributed by atoms with Gasteiger partial charge in [0.05, 0.1) is 11.6 Å². The van der Waals surface area contributed by atoms with Crippen molar-refractivity contribution in [2.24, 2.45) is 11.8 Å². The van der Waals surface area contributed by atoms with E-state index in [1.807, 2.05) is 6.07 Å². The third-order valence-corrected chi connectivity index (χ3v) is 4.89. The largest absolute Gasteiger partial charge is 0.496 e. The van der Waals surface area contributed by atoms with E-state index in [1.54, 1.807) is 13.2 Å². The van der Waals surface area contributed by atoms with Gasteiger partial charge in [-0.05, 0) is 65.2 Å². The topological polar surface area (TPSA) is 35.5 Å². The summed E-state index contributed by atoms with van der Waals surface area (Å²) >= 11 is 3.44. The van der Waals surface area contributed by atoms with E-state index in [2.05, 4.69) is 42.4 Å². The van der Waals surface area contributed by atoms with Gasteiger partial charge >= 0.3 is 5.97 Å². The van der Waals surface area contributed by atoms with Crippen molar-refractivity contribution in [1.29, 1.82) is 0 Å². The van der Waals surface area contributed by atoms with E-state index in [0.29, 0.717) is 17.6 Å². The van der Waals surface area contributed by atoms with E-state index in [9.17, 15) is 4.79 Å². The van der Waals surface area contributed by atoms with Gasteiger partial charge in [0.1, 0.15) is 11.5 Å². The molecule has 1 aromatic rings. The number of carbonyl (C=O) groups is 1. The Balaban J connectivity index is 2.37. The summed E-state index contributed by atoms with van der Waals surface area (Å²) in [6.07, 6.45) is 4.02. The first-order valence-corrected chi connectivity index (χ1v) is 8.52. The molecule has 4 heteroatoms. The second kappa shape index (κ2) is 7.35. The van der Waals surface area contributed by atoms with Crippen molar-refractivity contribution in [3.8, 4) is 11.5 Å². The first kappa shape index (κ1) is 17.8. The van der Waals surface area contributed by atoms with Crippen LogP contribution >= 0.6 is 15.9 Å². The van der Waals surface area contributed by atoms with Crippen LogP contribution in [0.2, 0.25) is 0 Å². The third kappa shape index (κ3) is 4.25. The van der Waals surface area contributed by atoms with E-state index in [1.165, 1.54) is 12.5 Å². The van der Waals surface area contributed by atoms with Crippen LogP contribution in [0.25, 0.3) is 0 Å². The fourth-order valence-corrected chi connectivity index (χ4v) is 3.69. The lowest BCUT2D eigenvalue weighted by atomic mass is 9.75. The molecule has 3 nitrogen and oxygen atoms in total. The van der Waals surface area contributed by atoms with Crippen LogP contribution in [-0.2, 0) is 11.2 Å². The molecule has 2 rings (SSSR count). The lowest BCUT2D eigenvalue weighted by Crippen LogP contribution is -2.20. The fourth-order valence-electron chi connectivity index (χ4n) is 3.21. The minimum absolute atomic E-state index is 0.324. The number of esters is 1. The molecule has 0 amide bonds. The molecule has 23 heavy (non-hydrogen) atoms. The Kier molecular flexibility index (Phi) is 5.69. The predicted octanol–water partition coefficient (Wildman–Crippen LogP) is 5.08. The molecule has 0 fully saturated rings. The van der Waals surface area contributed by atoms with Crippen LogP contribution < -0.4 is 9.47 Å². The van der Waals surface area contributed by atoms with Gasteiger partial charge in [0, 0.05) is 6.92 Å². The monoisotopic (exact) mass is 378 g/mol. The van der Waals surface area contributed by atoms with Crippen LogP contribution in [0.15, 0.2) is 40.4 Å². The van der Waals surface area contributed by atoms with Crippen molar-refractivity contribution < 1.29 is 14.3 Å². The molecule has 0 aromatic heterocycles. The number of methoxy groups -OCH3 is 1. The van der Waals surface area contributed by atoms with Gasteiger partial charge in [0.2, 0.25) is 0 Å². The number of rotatable bonds is 4. The molecular weight excluding hydrogens is 356 g/mol. The zero-order valence-corrected chi connectivity index (χ0v) is 15.7. The molecule has 0 unspecified atom stereocenters. The minimum Gasteiger partial charge on any atom is -0.496 e. The maximum Gasteiger partial charge on any atom is 0.308 e. The molecule has 1 aliphatic carbocycles. The molecule has 0 N–H and O–H groups in total. The maximum atomic E-state index is 11.4. The van der Waals surface area contributed by atoms with Crippen molar-refractivity contribution in [3.05, 3.63) is 46.0 Å². The minimum atomic E-state index is -0.324. The molecule has 1 aromatic carbocycles. The van der Waals surface area contributed by atoms with Crippen LogP contribution in [0, 0.1) is 11.8 Å². The number of benzene rings is 1. The summed E-state index contributed by atoms with van der Waals surface area (Å²) in [6.45, 7) is 10.0. The average molecular weight is 379 g/mol. The van der Waals surface area contributed by atoms with E-state index in [-0.39, 0.29) is 5.97 Å². The Bertz CT molecular complexity index is 661. The summed E-state index contributed by atoms with van der Waals surface area (Å²) in [6, 6.07) is 3.74. The van der Waals surface area contributed by atoms with Gasteiger partial charge in [-0.15, -0.1) is 0 Å². The van der Waals surface area contributed by atoms with Gasteiger partial charge in [0.15, 0.2) is 0 Å². The molecule has 0 saturated heterocycles. The molecular formula is C19H23BrO3. The highest BCUT2D eigenvalue weighted by Gasteiger charge is 2.26. The number of hydrogen-bond donors (Lipinski definition) is 0. The molecule has 2 atom stereocenters. The quantitative estimate of drug-likeness (QED) is 0.540. The normalized spacial score (nSPS) is 20.9. The van der Waals surface area contributed by atoms with Crippen molar-refractivity contribution in [3.63, 3.8) is 0 Å². The lowest BCUT2D eigenvalue weighted by molar-refractivity contribution is -0.131. The first-order valence-electron chi connectivity index (χ1n) is 7.72. The number of carbonyl (C=O) groups excluding carboxylic acids is 1. The highest BCUT2D eigenvalue weighted by Crippen LogP contribution is 2.39. The van der Waals surface area contributed by atoms with E-state index in [4.69, 9.17) is 9.47 Å². The number of allylic oxidation sites excluding steroid dienone is 3. The summed E-state index contributed by atoms with van der Waals surface area (Å²) in [5.41, 5.74) is 3.47. The zero-order chi connectivity index (χ0) is 17.1. The van der Waals surface area contributed by atoms with Crippen LogP contribution in [0.5, 0.6) is 11.5 Å². The highest BCUT2D eigenvalue weighted by atomic mass is 79.9. The maximum absolute atomic E-state index is 11.4. The standard InChI is InChI=1S/C19H23BrO3/c1-11-6-12(2)16(13(3)7-11)8-15-9-19(22-5)17(20)10-18(15)23-14(4)21/h6,9-10,13,16H,2,7-8H2,1,3-5H3/t13-,16-/m1/s1. The second-order valence-corrected chi connectivity index (χ2v) is 7.10. The molecule has 0 bridgehead atoms. The number of hydrogen-bond acceptors (Lipinski definition) is 3. The summed E-state index contributed by atoms with van der Waals surface area (Å²) in [4.78, 5) is 11.4. The van der Waals surface area contributed by atoms with Gasteiger partial charge in [-0.1, -0.05) is 30.7 Å². The fraction of sp³-hybridized carbons (Fsp3) is 0.421. The predicted molar refractivity (Wildman–Crippen MR) is 95.9 cm³/mol. The number of ether oxygens (including phenoxy) is 2. The van der Waals surface area contributed by atoms with Crippen LogP contribution in [0.3, 0.4) is 0 Å². The molecule has 1 aliphatic rings. The first-order chi connectivity index (χ1) is 10.8. The van der Waals surface area contributed by atoms with Crippen LogP contribution in [0.1, 0.15) is 32.8 Å². The Morgan fingerprint density at radius 2 is 2.09 bits per heavy atom.